The summed E-state index contributed by atoms with van der Waals surface area (Å²) in [6, 6.07) is 8.03. The minimum atomic E-state index is -0.488. The number of aromatic nitrogens is 1. The molecule has 0 bridgehead atoms. The van der Waals surface area contributed by atoms with Crippen LogP contribution in [0.3, 0.4) is 0 Å². The van der Waals surface area contributed by atoms with E-state index in [1.54, 1.807) is 6.07 Å². The van der Waals surface area contributed by atoms with E-state index in [2.05, 4.69) is 10.5 Å². The first-order chi connectivity index (χ1) is 9.58. The lowest BCUT2D eigenvalue weighted by atomic mass is 10.2. The number of amides is 1. The highest BCUT2D eigenvalue weighted by Crippen LogP contribution is 2.16. The fourth-order valence-electron chi connectivity index (χ4n) is 1.69. The average molecular weight is 294 g/mol. The predicted molar refractivity (Wildman–Crippen MR) is 76.3 cm³/mol. The number of hydrogen-bond acceptors (Lipinski definition) is 2. The Bertz CT molecular complexity index is 631. The molecule has 2 rings (SSSR count). The van der Waals surface area contributed by atoms with Gasteiger partial charge in [0.1, 0.15) is 5.82 Å². The molecule has 0 fully saturated rings. The molecular formula is C14H13ClFN3O. The van der Waals surface area contributed by atoms with E-state index in [4.69, 9.17) is 11.6 Å². The van der Waals surface area contributed by atoms with Gasteiger partial charge in [0.25, 0.3) is 0 Å². The molecule has 0 aliphatic carbocycles. The highest BCUT2D eigenvalue weighted by Gasteiger charge is 2.06. The molecule has 0 spiro atoms. The first kappa shape index (κ1) is 14.3. The summed E-state index contributed by atoms with van der Waals surface area (Å²) in [4.78, 5) is 11.7. The topological polar surface area (TPSA) is 46.4 Å². The first-order valence-corrected chi connectivity index (χ1v) is 6.32. The maximum absolute atomic E-state index is 13.4. The molecule has 0 saturated heterocycles. The number of hydrogen-bond donors (Lipinski definition) is 1. The number of hydrazone groups is 1. The molecule has 2 aromatic rings. The Labute approximate surface area is 120 Å². The van der Waals surface area contributed by atoms with E-state index >= 15 is 0 Å². The van der Waals surface area contributed by atoms with Crippen molar-refractivity contribution in [2.24, 2.45) is 12.1 Å². The van der Waals surface area contributed by atoms with E-state index in [1.807, 2.05) is 29.9 Å². The van der Waals surface area contributed by atoms with Gasteiger partial charge in [-0.1, -0.05) is 17.7 Å². The summed E-state index contributed by atoms with van der Waals surface area (Å²) in [5.41, 5.74) is 3.35. The van der Waals surface area contributed by atoms with Gasteiger partial charge in [0.05, 0.1) is 17.7 Å². The lowest BCUT2D eigenvalue weighted by molar-refractivity contribution is -0.120. The smallest absolute Gasteiger partial charge is 0.245 e. The van der Waals surface area contributed by atoms with Crippen molar-refractivity contribution in [3.8, 4) is 0 Å². The molecule has 0 aliphatic rings. The van der Waals surface area contributed by atoms with Crippen LogP contribution in [0.15, 0.2) is 41.6 Å². The van der Waals surface area contributed by atoms with Crippen LogP contribution in [0.5, 0.6) is 0 Å². The lowest BCUT2D eigenvalue weighted by Gasteiger charge is -2.02. The molecule has 0 radical (unpaired) electrons. The quantitative estimate of drug-likeness (QED) is 0.683. The second kappa shape index (κ2) is 6.34. The van der Waals surface area contributed by atoms with Gasteiger partial charge < -0.3 is 4.57 Å². The molecule has 6 heteroatoms. The molecule has 1 aromatic carbocycles. The fraction of sp³-hybridized carbons (Fsp3) is 0.143. The molecule has 1 heterocycles. The molecule has 0 atom stereocenters. The van der Waals surface area contributed by atoms with Gasteiger partial charge in [-0.15, -0.1) is 0 Å². The molecule has 104 valence electrons. The van der Waals surface area contributed by atoms with Crippen LogP contribution < -0.4 is 5.43 Å². The van der Waals surface area contributed by atoms with Gasteiger partial charge in [0.2, 0.25) is 5.91 Å². The van der Waals surface area contributed by atoms with Crippen molar-refractivity contribution in [2.45, 2.75) is 6.42 Å². The second-order valence-electron chi connectivity index (χ2n) is 4.22. The summed E-state index contributed by atoms with van der Waals surface area (Å²) < 4.78 is 15.3. The Morgan fingerprint density at radius 1 is 1.45 bits per heavy atom. The van der Waals surface area contributed by atoms with Gasteiger partial charge in [0, 0.05) is 24.5 Å². The van der Waals surface area contributed by atoms with E-state index < -0.39 is 5.82 Å². The zero-order valence-corrected chi connectivity index (χ0v) is 11.6. The highest BCUT2D eigenvalue weighted by atomic mass is 35.5. The Morgan fingerprint density at radius 3 is 2.90 bits per heavy atom. The van der Waals surface area contributed by atoms with E-state index in [9.17, 15) is 9.18 Å². The molecule has 0 aliphatic heterocycles. The number of aryl methyl sites for hydroxylation is 1. The zero-order valence-electron chi connectivity index (χ0n) is 10.8. The van der Waals surface area contributed by atoms with Gasteiger partial charge in [-0.3, -0.25) is 4.79 Å². The standard InChI is InChI=1S/C14H13ClFN3O/c1-19-7-3-4-10(19)8-14(20)18-17-9-11-12(15)5-2-6-13(11)16/h2-7,9H,8H2,1H3,(H,18,20). The van der Waals surface area contributed by atoms with Crippen LogP contribution in [0.4, 0.5) is 4.39 Å². The summed E-state index contributed by atoms with van der Waals surface area (Å²) in [7, 11) is 1.85. The predicted octanol–water partition coefficient (Wildman–Crippen LogP) is 2.51. The van der Waals surface area contributed by atoms with Crippen LogP contribution in [-0.4, -0.2) is 16.7 Å². The number of carbonyl (C=O) groups is 1. The molecular weight excluding hydrogens is 281 g/mol. The average Bonchev–Trinajstić information content (AvgIpc) is 2.79. The number of benzene rings is 1. The van der Waals surface area contributed by atoms with Crippen LogP contribution in [0.2, 0.25) is 5.02 Å². The van der Waals surface area contributed by atoms with Crippen molar-refractivity contribution in [2.75, 3.05) is 0 Å². The van der Waals surface area contributed by atoms with Crippen molar-refractivity contribution >= 4 is 23.7 Å². The van der Waals surface area contributed by atoms with Crippen molar-refractivity contribution in [1.29, 1.82) is 0 Å². The molecule has 1 N–H and O–H groups in total. The van der Waals surface area contributed by atoms with E-state index in [0.717, 1.165) is 5.69 Å². The lowest BCUT2D eigenvalue weighted by Crippen LogP contribution is -2.21. The SMILES string of the molecule is Cn1cccc1CC(=O)NN=Cc1c(F)cccc1Cl. The Kier molecular flexibility index (Phi) is 4.53. The van der Waals surface area contributed by atoms with Gasteiger partial charge in [-0.05, 0) is 24.3 Å². The first-order valence-electron chi connectivity index (χ1n) is 5.94. The van der Waals surface area contributed by atoms with E-state index in [-0.39, 0.29) is 22.9 Å². The van der Waals surface area contributed by atoms with Gasteiger partial charge in [-0.25, -0.2) is 9.82 Å². The van der Waals surface area contributed by atoms with Crippen LogP contribution in [0.1, 0.15) is 11.3 Å². The number of rotatable bonds is 4. The number of carbonyl (C=O) groups excluding carboxylic acids is 1. The monoisotopic (exact) mass is 293 g/mol. The largest absolute Gasteiger partial charge is 0.354 e. The third kappa shape index (κ3) is 3.45. The molecule has 1 amide bonds. The summed E-state index contributed by atoms with van der Waals surface area (Å²) in [6.07, 6.45) is 3.25. The summed E-state index contributed by atoms with van der Waals surface area (Å²) >= 11 is 5.83. The van der Waals surface area contributed by atoms with Crippen molar-refractivity contribution < 1.29 is 9.18 Å². The second-order valence-corrected chi connectivity index (χ2v) is 4.62. The third-order valence-corrected chi connectivity index (χ3v) is 3.11. The van der Waals surface area contributed by atoms with E-state index in [0.29, 0.717) is 0 Å². The maximum atomic E-state index is 13.4. The number of nitrogens with zero attached hydrogens (tertiary/aromatic N) is 2. The molecule has 0 unspecified atom stereocenters. The number of halogens is 2. The maximum Gasteiger partial charge on any atom is 0.245 e. The van der Waals surface area contributed by atoms with Crippen molar-refractivity contribution in [3.63, 3.8) is 0 Å². The van der Waals surface area contributed by atoms with Crippen molar-refractivity contribution in [1.82, 2.24) is 9.99 Å². The Hall–Kier alpha value is -2.14. The zero-order chi connectivity index (χ0) is 14.5. The minimum absolute atomic E-state index is 0.147. The molecule has 20 heavy (non-hydrogen) atoms. The van der Waals surface area contributed by atoms with Crippen LogP contribution in [0.25, 0.3) is 0 Å². The highest BCUT2D eigenvalue weighted by molar-refractivity contribution is 6.33. The minimum Gasteiger partial charge on any atom is -0.354 e. The summed E-state index contributed by atoms with van der Waals surface area (Å²) in [5.74, 6) is -0.770. The van der Waals surface area contributed by atoms with Gasteiger partial charge in [-0.2, -0.15) is 5.10 Å². The Balaban J connectivity index is 1.97. The normalized spacial score (nSPS) is 10.9. The number of nitrogens with one attached hydrogen (secondary N) is 1. The van der Waals surface area contributed by atoms with Crippen LogP contribution in [-0.2, 0) is 18.3 Å². The van der Waals surface area contributed by atoms with Crippen LogP contribution in [0, 0.1) is 5.82 Å². The molecule has 0 saturated carbocycles. The van der Waals surface area contributed by atoms with Crippen molar-refractivity contribution in [3.05, 3.63) is 58.6 Å². The summed E-state index contributed by atoms with van der Waals surface area (Å²) in [6.45, 7) is 0. The van der Waals surface area contributed by atoms with Gasteiger partial charge >= 0.3 is 0 Å². The molecule has 4 nitrogen and oxygen atoms in total. The van der Waals surface area contributed by atoms with Gasteiger partial charge in [0.15, 0.2) is 0 Å². The Morgan fingerprint density at radius 2 is 2.25 bits per heavy atom. The third-order valence-electron chi connectivity index (χ3n) is 2.78. The molecule has 1 aromatic heterocycles. The summed E-state index contributed by atoms with van der Waals surface area (Å²) in [5, 5.41) is 3.96. The fourth-order valence-corrected chi connectivity index (χ4v) is 1.90. The van der Waals surface area contributed by atoms with E-state index in [1.165, 1.54) is 18.3 Å². The van der Waals surface area contributed by atoms with Crippen LogP contribution >= 0.6 is 11.6 Å².